The number of hydrogen-bond acceptors (Lipinski definition) is 1. The van der Waals surface area contributed by atoms with Crippen LogP contribution in [0.2, 0.25) is 0 Å². The minimum Gasteiger partial charge on any atom is -0.336 e. The molecule has 254 valence electrons. The number of aromatic nitrogens is 2. The van der Waals surface area contributed by atoms with Gasteiger partial charge in [0.05, 0.1) is 0 Å². The molecule has 0 aliphatic carbocycles. The van der Waals surface area contributed by atoms with Gasteiger partial charge in [0.1, 0.15) is 5.82 Å². The fourth-order valence-corrected chi connectivity index (χ4v) is 7.38. The molecule has 2 aromatic heterocycles. The molecule has 0 radical (unpaired) electrons. The summed E-state index contributed by atoms with van der Waals surface area (Å²) in [5, 5.41) is 3.92. The van der Waals surface area contributed by atoms with E-state index >= 15 is 0 Å². The summed E-state index contributed by atoms with van der Waals surface area (Å²) >= 11 is 0. The molecule has 0 N–H and O–H groups in total. The normalized spacial score (nSPS) is 11.7. The molecular weight excluding hydrogens is 665 g/mol. The highest BCUT2D eigenvalue weighted by Crippen LogP contribution is 2.41. The van der Waals surface area contributed by atoms with Crippen molar-refractivity contribution in [2.45, 2.75) is 13.1 Å². The van der Waals surface area contributed by atoms with Crippen molar-refractivity contribution in [2.24, 2.45) is 0 Å². The summed E-state index contributed by atoms with van der Waals surface area (Å²) in [7, 11) is 0. The molecule has 9 rings (SSSR count). The molecule has 0 bridgehead atoms. The minimum absolute atomic E-state index is 0.341. The van der Waals surface area contributed by atoms with E-state index in [1.165, 1.54) is 24.3 Å². The van der Waals surface area contributed by atoms with Crippen molar-refractivity contribution in [1.82, 2.24) is 9.13 Å². The van der Waals surface area contributed by atoms with Crippen LogP contribution in [0.1, 0.15) is 11.1 Å². The van der Waals surface area contributed by atoms with Crippen molar-refractivity contribution in [3.05, 3.63) is 186 Å². The fraction of sp³-hybridized carbons (Fsp3) is 0.0455. The monoisotopic (exact) mass is 693 g/mol. The third-order valence-corrected chi connectivity index (χ3v) is 9.76. The lowest BCUT2D eigenvalue weighted by molar-refractivity contribution is 0.506. The van der Waals surface area contributed by atoms with E-state index in [1.807, 2.05) is 72.8 Å². The molecule has 0 saturated heterocycles. The number of nitrogens with zero attached hydrogens (tertiary/aromatic N) is 3. The van der Waals surface area contributed by atoms with Crippen LogP contribution in [0.25, 0.3) is 43.6 Å². The average molecular weight is 694 g/mol. The second-order valence-electron chi connectivity index (χ2n) is 12.9. The van der Waals surface area contributed by atoms with Gasteiger partial charge in [0, 0.05) is 73.8 Å². The molecule has 0 amide bonds. The number of para-hydroxylation sites is 2. The molecule has 9 aromatic rings. The Balaban J connectivity index is 1.21. The number of anilines is 3. The van der Waals surface area contributed by atoms with Crippen LogP contribution < -0.4 is 4.90 Å². The summed E-state index contributed by atoms with van der Waals surface area (Å²) in [6.07, 6.45) is 0. The molecule has 2 heterocycles. The van der Waals surface area contributed by atoms with Crippen LogP contribution in [-0.4, -0.2) is 9.13 Å². The third kappa shape index (κ3) is 5.35. The molecule has 0 aliphatic heterocycles. The van der Waals surface area contributed by atoms with Crippen molar-refractivity contribution < 1.29 is 22.0 Å². The van der Waals surface area contributed by atoms with Crippen LogP contribution in [-0.2, 0) is 13.1 Å². The standard InChI is InChI=1S/C44H28F5N3/c45-29-11-13-30(14-12-29)52(31-15-19-43-35(23-31)33-5-1-3-7-41(33)50(43)25-27-9-17-37(46)39(48)21-27)32-16-20-44-36(24-32)34-6-2-4-8-42(34)51(44)26-28-10-18-38(47)40(49)22-28/h1-24H,25-26H2. The van der Waals surface area contributed by atoms with Crippen LogP contribution >= 0.6 is 0 Å². The van der Waals surface area contributed by atoms with Gasteiger partial charge in [-0.25, -0.2) is 22.0 Å². The van der Waals surface area contributed by atoms with Crippen molar-refractivity contribution in [3.8, 4) is 0 Å². The lowest BCUT2D eigenvalue weighted by Gasteiger charge is -2.26. The van der Waals surface area contributed by atoms with Gasteiger partial charge in [-0.1, -0.05) is 48.5 Å². The molecule has 0 atom stereocenters. The fourth-order valence-electron chi connectivity index (χ4n) is 7.38. The highest BCUT2D eigenvalue weighted by atomic mass is 19.2. The third-order valence-electron chi connectivity index (χ3n) is 9.76. The molecule has 7 aromatic carbocycles. The Labute approximate surface area is 295 Å². The smallest absolute Gasteiger partial charge is 0.159 e. The summed E-state index contributed by atoms with van der Waals surface area (Å²) in [5.74, 6) is -3.90. The van der Waals surface area contributed by atoms with E-state index < -0.39 is 23.3 Å². The highest BCUT2D eigenvalue weighted by Gasteiger charge is 2.20. The van der Waals surface area contributed by atoms with E-state index in [-0.39, 0.29) is 5.82 Å². The highest BCUT2D eigenvalue weighted by molar-refractivity contribution is 6.11. The maximum absolute atomic E-state index is 14.3. The van der Waals surface area contributed by atoms with Gasteiger partial charge in [0.2, 0.25) is 0 Å². The largest absolute Gasteiger partial charge is 0.336 e. The topological polar surface area (TPSA) is 13.1 Å². The van der Waals surface area contributed by atoms with Gasteiger partial charge in [0.15, 0.2) is 23.3 Å². The second kappa shape index (κ2) is 12.4. The number of halogens is 5. The summed E-state index contributed by atoms with van der Waals surface area (Å²) < 4.78 is 74.3. The van der Waals surface area contributed by atoms with E-state index in [0.717, 1.165) is 72.8 Å². The lowest BCUT2D eigenvalue weighted by Crippen LogP contribution is -2.10. The van der Waals surface area contributed by atoms with E-state index in [9.17, 15) is 22.0 Å². The lowest BCUT2D eigenvalue weighted by atomic mass is 10.1. The van der Waals surface area contributed by atoms with Crippen LogP contribution in [0.4, 0.5) is 39.0 Å². The van der Waals surface area contributed by atoms with E-state index in [4.69, 9.17) is 0 Å². The van der Waals surface area contributed by atoms with E-state index in [0.29, 0.717) is 24.2 Å². The first-order valence-corrected chi connectivity index (χ1v) is 16.8. The number of fused-ring (bicyclic) bond motifs is 6. The second-order valence-corrected chi connectivity index (χ2v) is 12.9. The molecular formula is C44H28F5N3. The zero-order chi connectivity index (χ0) is 35.5. The van der Waals surface area contributed by atoms with Crippen molar-refractivity contribution in [3.63, 3.8) is 0 Å². The average Bonchev–Trinajstić information content (AvgIpc) is 3.64. The van der Waals surface area contributed by atoms with Crippen LogP contribution in [0, 0.1) is 29.1 Å². The van der Waals surface area contributed by atoms with Gasteiger partial charge >= 0.3 is 0 Å². The zero-order valence-electron chi connectivity index (χ0n) is 27.5. The zero-order valence-corrected chi connectivity index (χ0v) is 27.5. The molecule has 0 unspecified atom stereocenters. The Morgan fingerprint density at radius 1 is 0.365 bits per heavy atom. The van der Waals surface area contributed by atoms with Gasteiger partial charge < -0.3 is 14.0 Å². The summed E-state index contributed by atoms with van der Waals surface area (Å²) in [4.78, 5) is 2.07. The quantitative estimate of drug-likeness (QED) is 0.152. The van der Waals surface area contributed by atoms with E-state index in [1.54, 1.807) is 24.3 Å². The van der Waals surface area contributed by atoms with Crippen LogP contribution in [0.15, 0.2) is 146 Å². The van der Waals surface area contributed by atoms with Gasteiger partial charge in [-0.2, -0.15) is 0 Å². The molecule has 8 heteroatoms. The van der Waals surface area contributed by atoms with Crippen molar-refractivity contribution >= 4 is 60.7 Å². The molecule has 52 heavy (non-hydrogen) atoms. The van der Waals surface area contributed by atoms with Crippen molar-refractivity contribution in [2.75, 3.05) is 4.90 Å². The maximum Gasteiger partial charge on any atom is 0.159 e. The van der Waals surface area contributed by atoms with Crippen molar-refractivity contribution in [1.29, 1.82) is 0 Å². The van der Waals surface area contributed by atoms with Crippen LogP contribution in [0.3, 0.4) is 0 Å². The predicted molar refractivity (Wildman–Crippen MR) is 198 cm³/mol. The number of hydrogen-bond donors (Lipinski definition) is 0. The van der Waals surface area contributed by atoms with Gasteiger partial charge in [0.25, 0.3) is 0 Å². The summed E-state index contributed by atoms with van der Waals surface area (Å²) in [5.41, 5.74) is 7.42. The molecule has 0 aliphatic rings. The Kier molecular flexibility index (Phi) is 7.54. The summed E-state index contributed by atoms with van der Waals surface area (Å²) in [6.45, 7) is 0.682. The summed E-state index contributed by atoms with van der Waals surface area (Å²) in [6, 6.07) is 42.5. The SMILES string of the molecule is Fc1ccc(N(c2ccc3c(c2)c2ccccc2n3Cc2ccc(F)c(F)c2)c2ccc3c(c2)c2ccccc2n3Cc2ccc(F)c(F)c2)cc1. The Bertz CT molecular complexity index is 2650. The van der Waals surface area contributed by atoms with Gasteiger partial charge in [-0.15, -0.1) is 0 Å². The van der Waals surface area contributed by atoms with Gasteiger partial charge in [-0.3, -0.25) is 0 Å². The Hall–Kier alpha value is -6.41. The Morgan fingerprint density at radius 2 is 0.788 bits per heavy atom. The number of rotatable bonds is 7. The first-order chi connectivity index (χ1) is 25.3. The first kappa shape index (κ1) is 31.6. The molecule has 0 fully saturated rings. The minimum atomic E-state index is -0.889. The van der Waals surface area contributed by atoms with Gasteiger partial charge in [-0.05, 0) is 108 Å². The maximum atomic E-state index is 14.3. The van der Waals surface area contributed by atoms with Crippen LogP contribution in [0.5, 0.6) is 0 Å². The molecule has 0 spiro atoms. The molecule has 3 nitrogen and oxygen atoms in total. The van der Waals surface area contributed by atoms with E-state index in [2.05, 4.69) is 26.2 Å². The predicted octanol–water partition coefficient (Wildman–Crippen LogP) is 12.2. The number of benzene rings is 7. The Morgan fingerprint density at radius 3 is 1.25 bits per heavy atom. The first-order valence-electron chi connectivity index (χ1n) is 16.8. The molecule has 0 saturated carbocycles.